The number of hydrogen-bond donors (Lipinski definition) is 1. The van der Waals surface area contributed by atoms with E-state index in [1.54, 1.807) is 25.1 Å². The molecule has 0 spiro atoms. The van der Waals surface area contributed by atoms with Gasteiger partial charge in [-0.15, -0.1) is 5.10 Å². The standard InChI is InChI=1S/C12H9ClN4O3/c1-2-20-11(18)9-10-8-6(13)4-3-5-7(8)14-12(19)17(10)16-15-9/h3-5,16H,2H2,1H3. The third-order valence-electron chi connectivity index (χ3n) is 2.81. The third kappa shape index (κ3) is 1.75. The molecule has 2 aromatic heterocycles. The number of fused-ring (bicyclic) bond motifs is 3. The zero-order valence-corrected chi connectivity index (χ0v) is 11.1. The zero-order valence-electron chi connectivity index (χ0n) is 10.4. The van der Waals surface area contributed by atoms with Gasteiger partial charge in [0.15, 0.2) is 5.69 Å². The summed E-state index contributed by atoms with van der Waals surface area (Å²) in [6.45, 7) is 1.89. The lowest BCUT2D eigenvalue weighted by Gasteiger charge is -2.03. The van der Waals surface area contributed by atoms with E-state index in [-0.39, 0.29) is 17.8 Å². The quantitative estimate of drug-likeness (QED) is 0.721. The molecule has 3 aromatic rings. The van der Waals surface area contributed by atoms with Crippen molar-refractivity contribution in [1.82, 2.24) is 19.8 Å². The number of carbonyl (C=O) groups excluding carboxylic acids is 1. The molecule has 2 heterocycles. The summed E-state index contributed by atoms with van der Waals surface area (Å²) in [4.78, 5) is 27.7. The monoisotopic (exact) mass is 292 g/mol. The van der Waals surface area contributed by atoms with Crippen molar-refractivity contribution in [3.8, 4) is 0 Å². The molecular weight excluding hydrogens is 284 g/mol. The fourth-order valence-electron chi connectivity index (χ4n) is 2.01. The summed E-state index contributed by atoms with van der Waals surface area (Å²) in [5, 5.41) is 7.13. The second kappa shape index (κ2) is 4.61. The third-order valence-corrected chi connectivity index (χ3v) is 3.13. The number of aromatic nitrogens is 4. The van der Waals surface area contributed by atoms with Crippen LogP contribution in [0.1, 0.15) is 17.4 Å². The van der Waals surface area contributed by atoms with E-state index in [1.165, 1.54) is 0 Å². The first kappa shape index (κ1) is 12.6. The molecule has 7 nitrogen and oxygen atoms in total. The molecule has 0 saturated carbocycles. The van der Waals surface area contributed by atoms with E-state index in [0.29, 0.717) is 15.9 Å². The van der Waals surface area contributed by atoms with E-state index in [1.807, 2.05) is 0 Å². The Hall–Kier alpha value is -2.41. The number of benzene rings is 1. The summed E-state index contributed by atoms with van der Waals surface area (Å²) in [5.74, 6) is -0.627. The second-order valence-corrected chi connectivity index (χ2v) is 4.40. The number of ether oxygens (including phenoxy) is 1. The predicted octanol–water partition coefficient (Wildman–Crippen LogP) is 1.40. The fourth-order valence-corrected chi connectivity index (χ4v) is 2.27. The van der Waals surface area contributed by atoms with Crippen LogP contribution in [-0.4, -0.2) is 32.4 Å². The highest BCUT2D eigenvalue weighted by Crippen LogP contribution is 2.26. The number of carbonyl (C=O) groups is 1. The Labute approximate surface area is 117 Å². The van der Waals surface area contributed by atoms with E-state index >= 15 is 0 Å². The highest BCUT2D eigenvalue weighted by Gasteiger charge is 2.20. The predicted molar refractivity (Wildman–Crippen MR) is 72.1 cm³/mol. The van der Waals surface area contributed by atoms with Gasteiger partial charge in [-0.3, -0.25) is 0 Å². The number of halogens is 1. The van der Waals surface area contributed by atoms with Crippen molar-refractivity contribution in [1.29, 1.82) is 0 Å². The van der Waals surface area contributed by atoms with Gasteiger partial charge in [-0.1, -0.05) is 17.7 Å². The van der Waals surface area contributed by atoms with Crippen LogP contribution < -0.4 is 5.69 Å². The van der Waals surface area contributed by atoms with E-state index in [2.05, 4.69) is 15.3 Å². The normalized spacial score (nSPS) is 11.1. The maximum atomic E-state index is 11.9. The maximum absolute atomic E-state index is 11.9. The average molecular weight is 293 g/mol. The van der Waals surface area contributed by atoms with Crippen LogP contribution in [0.4, 0.5) is 0 Å². The molecule has 0 amide bonds. The lowest BCUT2D eigenvalue weighted by Crippen LogP contribution is -2.18. The van der Waals surface area contributed by atoms with Crippen LogP contribution >= 0.6 is 11.6 Å². The minimum absolute atomic E-state index is 0.00412. The van der Waals surface area contributed by atoms with Gasteiger partial charge in [-0.25, -0.2) is 14.8 Å². The van der Waals surface area contributed by atoms with Gasteiger partial charge in [0.05, 0.1) is 17.1 Å². The first-order valence-electron chi connectivity index (χ1n) is 5.86. The lowest BCUT2D eigenvalue weighted by molar-refractivity contribution is 0.0522. The van der Waals surface area contributed by atoms with Gasteiger partial charge in [0.25, 0.3) is 0 Å². The van der Waals surface area contributed by atoms with E-state index < -0.39 is 11.7 Å². The summed E-state index contributed by atoms with van der Waals surface area (Å²) in [6.07, 6.45) is 0. The molecule has 8 heteroatoms. The number of nitrogens with zero attached hydrogens (tertiary/aromatic N) is 3. The Bertz CT molecular complexity index is 883. The van der Waals surface area contributed by atoms with Gasteiger partial charge in [0, 0.05) is 5.39 Å². The van der Waals surface area contributed by atoms with E-state index in [4.69, 9.17) is 16.3 Å². The van der Waals surface area contributed by atoms with Gasteiger partial charge in [0.1, 0.15) is 5.52 Å². The molecule has 0 saturated heterocycles. The van der Waals surface area contributed by atoms with Crippen molar-refractivity contribution >= 4 is 34.0 Å². The van der Waals surface area contributed by atoms with Crippen molar-refractivity contribution in [2.45, 2.75) is 6.92 Å². The van der Waals surface area contributed by atoms with Gasteiger partial charge < -0.3 is 4.74 Å². The zero-order chi connectivity index (χ0) is 14.3. The summed E-state index contributed by atoms with van der Waals surface area (Å²) >= 11 is 6.15. The van der Waals surface area contributed by atoms with Crippen LogP contribution in [0.3, 0.4) is 0 Å². The minimum Gasteiger partial charge on any atom is -0.461 e. The van der Waals surface area contributed by atoms with Crippen LogP contribution in [0.2, 0.25) is 5.02 Å². The lowest BCUT2D eigenvalue weighted by atomic mass is 10.2. The number of nitrogens with one attached hydrogen (secondary N) is 1. The van der Waals surface area contributed by atoms with Crippen LogP contribution in [0.15, 0.2) is 23.0 Å². The topological polar surface area (TPSA) is 89.4 Å². The van der Waals surface area contributed by atoms with Crippen LogP contribution in [-0.2, 0) is 4.74 Å². The van der Waals surface area contributed by atoms with Gasteiger partial charge in [-0.05, 0) is 19.1 Å². The number of H-pyrrole nitrogens is 1. The molecule has 1 N–H and O–H groups in total. The molecule has 0 aliphatic rings. The SMILES string of the molecule is CCOC(=O)c1n[nH]n2c(=O)nc3cccc(Cl)c3c12. The Morgan fingerprint density at radius 3 is 3.05 bits per heavy atom. The van der Waals surface area contributed by atoms with Crippen molar-refractivity contribution in [2.24, 2.45) is 0 Å². The molecule has 0 aliphatic carbocycles. The summed E-state index contributed by atoms with van der Waals surface area (Å²) in [5.41, 5.74) is 0.0979. The highest BCUT2D eigenvalue weighted by atomic mass is 35.5. The molecule has 0 atom stereocenters. The van der Waals surface area contributed by atoms with E-state index in [9.17, 15) is 9.59 Å². The Kier molecular flexibility index (Phi) is 2.90. The van der Waals surface area contributed by atoms with Crippen molar-refractivity contribution in [3.05, 3.63) is 39.4 Å². The van der Waals surface area contributed by atoms with Crippen LogP contribution in [0.25, 0.3) is 16.4 Å². The fraction of sp³-hybridized carbons (Fsp3) is 0.167. The Balaban J connectivity index is 2.48. The number of aromatic amines is 1. The molecule has 0 radical (unpaired) electrons. The smallest absolute Gasteiger partial charge is 0.368 e. The Morgan fingerprint density at radius 1 is 1.50 bits per heavy atom. The van der Waals surface area contributed by atoms with Crippen LogP contribution in [0, 0.1) is 0 Å². The average Bonchev–Trinajstić information content (AvgIpc) is 2.84. The molecule has 0 aliphatic heterocycles. The number of rotatable bonds is 2. The molecule has 3 rings (SSSR count). The maximum Gasteiger partial charge on any atom is 0.368 e. The van der Waals surface area contributed by atoms with E-state index in [0.717, 1.165) is 4.52 Å². The largest absolute Gasteiger partial charge is 0.461 e. The first-order chi connectivity index (χ1) is 9.63. The van der Waals surface area contributed by atoms with Gasteiger partial charge in [0.2, 0.25) is 0 Å². The highest BCUT2D eigenvalue weighted by molar-refractivity contribution is 6.37. The minimum atomic E-state index is -0.627. The molecule has 0 fully saturated rings. The van der Waals surface area contributed by atoms with Gasteiger partial charge in [-0.2, -0.15) is 9.50 Å². The Morgan fingerprint density at radius 2 is 2.30 bits per heavy atom. The summed E-state index contributed by atoms with van der Waals surface area (Å²) < 4.78 is 5.99. The van der Waals surface area contributed by atoms with Crippen molar-refractivity contribution in [2.75, 3.05) is 6.61 Å². The van der Waals surface area contributed by atoms with Gasteiger partial charge >= 0.3 is 11.7 Å². The summed E-state index contributed by atoms with van der Waals surface area (Å²) in [7, 11) is 0. The molecule has 102 valence electrons. The molecule has 0 bridgehead atoms. The first-order valence-corrected chi connectivity index (χ1v) is 6.23. The molecule has 0 unspecified atom stereocenters. The molecular formula is C12H9ClN4O3. The number of esters is 1. The molecule has 20 heavy (non-hydrogen) atoms. The molecule has 1 aromatic carbocycles. The van der Waals surface area contributed by atoms with Crippen LogP contribution in [0.5, 0.6) is 0 Å². The second-order valence-electron chi connectivity index (χ2n) is 3.99. The summed E-state index contributed by atoms with van der Waals surface area (Å²) in [6, 6.07) is 4.97. The number of hydrogen-bond acceptors (Lipinski definition) is 5. The van der Waals surface area contributed by atoms with Crippen molar-refractivity contribution in [3.63, 3.8) is 0 Å². The van der Waals surface area contributed by atoms with Crippen molar-refractivity contribution < 1.29 is 9.53 Å².